The Bertz CT molecular complexity index is 502. The molecule has 0 amide bonds. The molecule has 0 aromatic heterocycles. The normalized spacial score (nSPS) is 16.9. The van der Waals surface area contributed by atoms with Gasteiger partial charge in [0.25, 0.3) is 0 Å². The Balaban J connectivity index is 1.75. The molecule has 0 fully saturated rings. The van der Waals surface area contributed by atoms with Gasteiger partial charge in [-0.2, -0.15) is 0 Å². The fraction of sp³-hybridized carbons (Fsp3) is 0.500. The van der Waals surface area contributed by atoms with Crippen molar-refractivity contribution in [2.75, 3.05) is 6.61 Å². The van der Waals surface area contributed by atoms with Crippen LogP contribution in [0.15, 0.2) is 42.5 Å². The maximum absolute atomic E-state index is 10.2. The summed E-state index contributed by atoms with van der Waals surface area (Å²) >= 11 is 0. The molecule has 0 spiro atoms. The summed E-state index contributed by atoms with van der Waals surface area (Å²) in [6.45, 7) is 2.97. The molecule has 1 aromatic carbocycles. The van der Waals surface area contributed by atoms with Gasteiger partial charge in [0.15, 0.2) is 0 Å². The first kappa shape index (κ1) is 16.7. The van der Waals surface area contributed by atoms with Crippen LogP contribution in [0.25, 0.3) is 0 Å². The highest BCUT2D eigenvalue weighted by Gasteiger charge is 2.13. The van der Waals surface area contributed by atoms with Gasteiger partial charge in [0.1, 0.15) is 11.5 Å². The zero-order valence-corrected chi connectivity index (χ0v) is 13.6. The van der Waals surface area contributed by atoms with E-state index in [1.54, 1.807) is 6.07 Å². The number of aromatic hydroxyl groups is 1. The largest absolute Gasteiger partial charge is 0.508 e. The molecule has 0 radical (unpaired) electrons. The van der Waals surface area contributed by atoms with E-state index in [-0.39, 0.29) is 5.92 Å². The number of phenolic OH excluding ortho intramolecular Hbond substituents is 1. The summed E-state index contributed by atoms with van der Waals surface area (Å²) in [7, 11) is 0. The first-order valence-corrected chi connectivity index (χ1v) is 8.60. The molecule has 0 heterocycles. The number of hydrogen-bond donors (Lipinski definition) is 1. The molecular formula is C20H28O2. The molecule has 1 aromatic rings. The Morgan fingerprint density at radius 1 is 1.09 bits per heavy atom. The van der Waals surface area contributed by atoms with Gasteiger partial charge in [-0.05, 0) is 18.9 Å². The summed E-state index contributed by atoms with van der Waals surface area (Å²) in [6, 6.07) is 5.71. The SMILES string of the molecule is CCCCCCCCOc1ccc(C2C=CC=CC2)c(O)c1. The molecule has 2 nitrogen and oxygen atoms in total. The Kier molecular flexibility index (Phi) is 7.08. The third kappa shape index (κ3) is 5.25. The number of rotatable bonds is 9. The van der Waals surface area contributed by atoms with E-state index in [2.05, 4.69) is 19.1 Å². The van der Waals surface area contributed by atoms with E-state index in [1.165, 1.54) is 32.1 Å². The Hall–Kier alpha value is -1.70. The molecule has 1 unspecified atom stereocenters. The molecule has 0 aliphatic heterocycles. The van der Waals surface area contributed by atoms with Gasteiger partial charge in [0.2, 0.25) is 0 Å². The van der Waals surface area contributed by atoms with Crippen LogP contribution in [0.1, 0.15) is 63.4 Å². The lowest BCUT2D eigenvalue weighted by atomic mass is 9.92. The number of benzene rings is 1. The predicted octanol–water partition coefficient (Wildman–Crippen LogP) is 5.73. The minimum Gasteiger partial charge on any atom is -0.508 e. The number of ether oxygens (including phenoxy) is 1. The van der Waals surface area contributed by atoms with E-state index >= 15 is 0 Å². The fourth-order valence-electron chi connectivity index (χ4n) is 2.81. The summed E-state index contributed by atoms with van der Waals surface area (Å²) in [5.74, 6) is 1.38. The van der Waals surface area contributed by atoms with Gasteiger partial charge < -0.3 is 9.84 Å². The van der Waals surface area contributed by atoms with Crippen molar-refractivity contribution in [2.24, 2.45) is 0 Å². The molecule has 2 rings (SSSR count). The minimum atomic E-state index is 0.276. The van der Waals surface area contributed by atoms with Gasteiger partial charge in [-0.3, -0.25) is 0 Å². The molecule has 22 heavy (non-hydrogen) atoms. The van der Waals surface area contributed by atoms with Crippen LogP contribution in [-0.2, 0) is 0 Å². The van der Waals surface area contributed by atoms with Crippen LogP contribution in [0.3, 0.4) is 0 Å². The van der Waals surface area contributed by atoms with Gasteiger partial charge in [0, 0.05) is 17.5 Å². The van der Waals surface area contributed by atoms with Crippen molar-refractivity contribution in [3.8, 4) is 11.5 Å². The Labute approximate surface area is 134 Å². The molecule has 0 bridgehead atoms. The van der Waals surface area contributed by atoms with E-state index in [0.717, 1.165) is 30.8 Å². The molecule has 2 heteroatoms. The first-order chi connectivity index (χ1) is 10.8. The summed E-state index contributed by atoms with van der Waals surface area (Å²) in [6.07, 6.45) is 16.8. The molecule has 120 valence electrons. The maximum Gasteiger partial charge on any atom is 0.123 e. The van der Waals surface area contributed by atoms with E-state index in [9.17, 15) is 5.11 Å². The van der Waals surface area contributed by atoms with Crippen LogP contribution in [0.5, 0.6) is 11.5 Å². The quantitative estimate of drug-likeness (QED) is 0.590. The van der Waals surface area contributed by atoms with Crippen molar-refractivity contribution in [2.45, 2.75) is 57.8 Å². The smallest absolute Gasteiger partial charge is 0.123 e. The monoisotopic (exact) mass is 300 g/mol. The van der Waals surface area contributed by atoms with Crippen molar-refractivity contribution in [1.29, 1.82) is 0 Å². The second-order valence-corrected chi connectivity index (χ2v) is 5.99. The standard InChI is InChI=1S/C20H28O2/c1-2-3-4-5-6-10-15-22-18-13-14-19(20(21)16-18)17-11-8-7-9-12-17/h7-9,11,13-14,16-17,21H,2-6,10,12,15H2,1H3. The second-order valence-electron chi connectivity index (χ2n) is 5.99. The number of allylic oxidation sites excluding steroid dienone is 4. The summed E-state index contributed by atoms with van der Waals surface area (Å²) in [5, 5.41) is 10.2. The highest BCUT2D eigenvalue weighted by molar-refractivity contribution is 5.44. The highest BCUT2D eigenvalue weighted by Crippen LogP contribution is 2.33. The van der Waals surface area contributed by atoms with Crippen LogP contribution in [0.2, 0.25) is 0 Å². The first-order valence-electron chi connectivity index (χ1n) is 8.60. The Morgan fingerprint density at radius 3 is 2.64 bits per heavy atom. The third-order valence-corrected chi connectivity index (χ3v) is 4.15. The summed E-state index contributed by atoms with van der Waals surface area (Å²) in [5.41, 5.74) is 0.979. The number of phenols is 1. The van der Waals surface area contributed by atoms with Gasteiger partial charge in [-0.25, -0.2) is 0 Å². The average molecular weight is 300 g/mol. The topological polar surface area (TPSA) is 29.5 Å². The average Bonchev–Trinajstić information content (AvgIpc) is 2.55. The number of unbranched alkanes of at least 4 members (excludes halogenated alkanes) is 5. The van der Waals surface area contributed by atoms with Crippen LogP contribution < -0.4 is 4.74 Å². The van der Waals surface area contributed by atoms with Crippen molar-refractivity contribution in [3.63, 3.8) is 0 Å². The van der Waals surface area contributed by atoms with Crippen molar-refractivity contribution >= 4 is 0 Å². The zero-order chi connectivity index (χ0) is 15.6. The van der Waals surface area contributed by atoms with Crippen molar-refractivity contribution < 1.29 is 9.84 Å². The van der Waals surface area contributed by atoms with Crippen molar-refractivity contribution in [3.05, 3.63) is 48.1 Å². The predicted molar refractivity (Wildman–Crippen MR) is 92.6 cm³/mol. The van der Waals surface area contributed by atoms with E-state index < -0.39 is 0 Å². The van der Waals surface area contributed by atoms with Gasteiger partial charge in [-0.1, -0.05) is 69.4 Å². The summed E-state index contributed by atoms with van der Waals surface area (Å²) in [4.78, 5) is 0. The van der Waals surface area contributed by atoms with E-state index in [0.29, 0.717) is 5.75 Å². The molecule has 1 aliphatic rings. The highest BCUT2D eigenvalue weighted by atomic mass is 16.5. The van der Waals surface area contributed by atoms with Crippen LogP contribution >= 0.6 is 0 Å². The molecule has 1 atom stereocenters. The second kappa shape index (κ2) is 9.34. The van der Waals surface area contributed by atoms with Gasteiger partial charge in [0.05, 0.1) is 6.61 Å². The van der Waals surface area contributed by atoms with E-state index in [4.69, 9.17) is 4.74 Å². The molecule has 1 aliphatic carbocycles. The number of hydrogen-bond acceptors (Lipinski definition) is 2. The zero-order valence-electron chi connectivity index (χ0n) is 13.6. The lowest BCUT2D eigenvalue weighted by Crippen LogP contribution is -2.00. The third-order valence-electron chi connectivity index (χ3n) is 4.15. The van der Waals surface area contributed by atoms with Crippen LogP contribution in [0, 0.1) is 0 Å². The van der Waals surface area contributed by atoms with Gasteiger partial charge >= 0.3 is 0 Å². The minimum absolute atomic E-state index is 0.276. The maximum atomic E-state index is 10.2. The molecular weight excluding hydrogens is 272 g/mol. The summed E-state index contributed by atoms with van der Waals surface area (Å²) < 4.78 is 5.74. The Morgan fingerprint density at radius 2 is 1.91 bits per heavy atom. The molecule has 0 saturated heterocycles. The van der Waals surface area contributed by atoms with Crippen LogP contribution in [-0.4, -0.2) is 11.7 Å². The van der Waals surface area contributed by atoms with Crippen LogP contribution in [0.4, 0.5) is 0 Å². The van der Waals surface area contributed by atoms with E-state index in [1.807, 2.05) is 24.3 Å². The lowest BCUT2D eigenvalue weighted by Gasteiger charge is -2.16. The lowest BCUT2D eigenvalue weighted by molar-refractivity contribution is 0.302. The molecule has 0 saturated carbocycles. The van der Waals surface area contributed by atoms with Crippen molar-refractivity contribution in [1.82, 2.24) is 0 Å². The fourth-order valence-corrected chi connectivity index (χ4v) is 2.81. The van der Waals surface area contributed by atoms with Gasteiger partial charge in [-0.15, -0.1) is 0 Å². The molecule has 1 N–H and O–H groups in total.